The molecule has 2 fully saturated rings. The molecule has 0 N–H and O–H groups in total. The topological polar surface area (TPSA) is 0 Å². The first-order valence-corrected chi connectivity index (χ1v) is 17.6. The Morgan fingerprint density at radius 3 is 0.422 bits per heavy atom. The van der Waals surface area contributed by atoms with Crippen molar-refractivity contribution in [3.8, 4) is 0 Å². The van der Waals surface area contributed by atoms with Crippen LogP contribution in [0.25, 0.3) is 0 Å². The quantitative estimate of drug-likeness (QED) is 0.0828. The summed E-state index contributed by atoms with van der Waals surface area (Å²) in [7, 11) is 0. The minimum atomic E-state index is -7.22. The second-order valence-corrected chi connectivity index (χ2v) is 14.3. The summed E-state index contributed by atoms with van der Waals surface area (Å²) in [6.07, 6.45) is -2.74. The molecule has 0 atom stereocenters. The van der Waals surface area contributed by atoms with Crippen LogP contribution in [0.1, 0.15) is 55.4 Å². The molecule has 4 aromatic carbocycles. The second kappa shape index (κ2) is 19.9. The van der Waals surface area contributed by atoms with Crippen LogP contribution in [0.15, 0.2) is 0 Å². The largest absolute Gasteiger partial charge is 3.00 e. The van der Waals surface area contributed by atoms with E-state index in [0.717, 1.165) is 0 Å². The molecule has 338 valence electrons. The summed E-state index contributed by atoms with van der Waals surface area (Å²) < 4.78 is 294. The van der Waals surface area contributed by atoms with Crippen LogP contribution in [0.4, 0.5) is 87.8 Å². The number of halogens is 20. The fourth-order valence-corrected chi connectivity index (χ4v) is 7.14. The molecule has 6 rings (SSSR count). The Morgan fingerprint density at radius 1 is 0.219 bits per heavy atom. The molecule has 0 aromatic heterocycles. The zero-order chi connectivity index (χ0) is 48.4. The third kappa shape index (κ3) is 8.63. The Bertz CT molecular complexity index is 1990. The van der Waals surface area contributed by atoms with Gasteiger partial charge in [0.25, 0.3) is 0 Å². The molecule has 0 heterocycles. The van der Waals surface area contributed by atoms with Gasteiger partial charge in [0, 0.05) is 0 Å². The van der Waals surface area contributed by atoms with Gasteiger partial charge in [0.1, 0.15) is 52.7 Å². The van der Waals surface area contributed by atoms with E-state index in [1.165, 1.54) is 47.3 Å². The Morgan fingerprint density at radius 2 is 0.328 bits per heavy atom. The van der Waals surface area contributed by atoms with E-state index in [4.69, 9.17) is 0 Å². The summed E-state index contributed by atoms with van der Waals surface area (Å²) in [5, 5.41) is 0. The standard InChI is InChI=1S/C24BF20.2C9H13.Al/c26-5-1(6(27)14(35)21(42)13(5)34)25(2-7(28)15(36)22(43)16(37)8(2)29,3-9(30)17(38)23(44)18(39)10(3)31)4-11(32)19(40)24(45)20(41)12(4)33;2*1-6-5-7(2)9(4)8(6)3;/h;2*5H,1-4H3;/q-1;;;+3. The molecule has 0 bridgehead atoms. The van der Waals surface area contributed by atoms with Crippen molar-refractivity contribution in [2.45, 2.75) is 55.4 Å². The Balaban J connectivity index is 0.000000471. The normalized spacial score (nSPS) is 16.3. The van der Waals surface area contributed by atoms with Crippen LogP contribution in [0.5, 0.6) is 0 Å². The van der Waals surface area contributed by atoms with Gasteiger partial charge in [-0.2, -0.15) is 0 Å². The first-order valence-electron chi connectivity index (χ1n) is 17.6. The molecular formula is C42H26AlBF20+2. The average Bonchev–Trinajstić information content (AvgIpc) is 3.60. The number of benzene rings is 4. The minimum Gasteiger partial charge on any atom is -0.207 e. The fourth-order valence-electron chi connectivity index (χ4n) is 7.14. The summed E-state index contributed by atoms with van der Waals surface area (Å²) in [5.41, 5.74) is -14.3. The number of hydrogen-bond donors (Lipinski definition) is 0. The van der Waals surface area contributed by atoms with E-state index in [1.807, 2.05) is 0 Å². The van der Waals surface area contributed by atoms with Gasteiger partial charge < -0.3 is 0 Å². The maximum atomic E-state index is 15.4. The van der Waals surface area contributed by atoms with E-state index in [0.29, 0.717) is 0 Å². The van der Waals surface area contributed by atoms with Gasteiger partial charge in [0.15, 0.2) is 69.8 Å². The first kappa shape index (κ1) is 54.4. The van der Waals surface area contributed by atoms with E-state index in [-0.39, 0.29) is 17.4 Å². The van der Waals surface area contributed by atoms with Crippen molar-refractivity contribution in [1.82, 2.24) is 0 Å². The molecule has 2 aliphatic carbocycles. The number of hydrogen-bond acceptors (Lipinski definition) is 0. The van der Waals surface area contributed by atoms with Gasteiger partial charge in [-0.3, -0.25) is 0 Å². The fraction of sp³-hybridized carbons (Fsp3) is 0.190. The maximum absolute atomic E-state index is 15.4. The molecule has 10 radical (unpaired) electrons. The third-order valence-electron chi connectivity index (χ3n) is 11.1. The van der Waals surface area contributed by atoms with Crippen LogP contribution in [-0.2, 0) is 0 Å². The molecular weight excluding hydrogens is 922 g/mol. The predicted octanol–water partition coefficient (Wildman–Crippen LogP) is 10.6. The van der Waals surface area contributed by atoms with Gasteiger partial charge in [0.2, 0.25) is 0 Å². The average molecular weight is 948 g/mol. The van der Waals surface area contributed by atoms with E-state index >= 15 is 35.1 Å². The van der Waals surface area contributed by atoms with Crippen LogP contribution in [0, 0.1) is 177 Å². The molecule has 0 spiro atoms. The van der Waals surface area contributed by atoms with Crippen LogP contribution >= 0.6 is 0 Å². The summed E-state index contributed by atoms with van der Waals surface area (Å²) in [4.78, 5) is 0. The van der Waals surface area contributed by atoms with E-state index in [9.17, 15) is 52.7 Å². The van der Waals surface area contributed by atoms with Crippen LogP contribution in [-0.4, -0.2) is 23.5 Å². The van der Waals surface area contributed by atoms with Gasteiger partial charge in [-0.25, -0.2) is 87.8 Å². The molecule has 0 amide bonds. The summed E-state index contributed by atoms with van der Waals surface area (Å²) >= 11 is 0. The van der Waals surface area contributed by atoms with E-state index in [1.54, 1.807) is 0 Å². The van der Waals surface area contributed by atoms with Gasteiger partial charge in [-0.05, 0) is 60.2 Å². The Hall–Kier alpha value is -3.92. The van der Waals surface area contributed by atoms with Crippen molar-refractivity contribution >= 4 is 45.4 Å². The third-order valence-corrected chi connectivity index (χ3v) is 11.1. The monoisotopic (exact) mass is 948 g/mol. The molecule has 64 heavy (non-hydrogen) atoms. The van der Waals surface area contributed by atoms with Crippen molar-refractivity contribution in [1.29, 1.82) is 0 Å². The Kier molecular flexibility index (Phi) is 16.9. The molecule has 0 unspecified atom stereocenters. The van der Waals surface area contributed by atoms with Crippen LogP contribution < -0.4 is 21.9 Å². The molecule has 4 aromatic rings. The molecule has 2 saturated carbocycles. The molecule has 22 heteroatoms. The summed E-state index contributed by atoms with van der Waals surface area (Å²) in [6.45, 7) is 17.4. The van der Waals surface area contributed by atoms with E-state index < -0.39 is 144 Å². The van der Waals surface area contributed by atoms with Crippen molar-refractivity contribution in [2.24, 2.45) is 0 Å². The predicted molar refractivity (Wildman–Crippen MR) is 195 cm³/mol. The van der Waals surface area contributed by atoms with Crippen LogP contribution in [0.3, 0.4) is 0 Å². The Labute approximate surface area is 364 Å². The van der Waals surface area contributed by atoms with Crippen molar-refractivity contribution in [3.63, 3.8) is 0 Å². The SMILES string of the molecule is C[C]1[CH][C](C)[C](C)[C]1C.C[C]1[CH][C](C)[C](C)[C]1C.Fc1c(F)c(F)c([B-](c2c(F)c(F)c(F)c(F)c2F)(c2c(F)c(F)c(F)c(F)c2F)c2c(F)c(F)c(F)c(F)c2F)c(F)c1F.[Al+3]. The first-order chi connectivity index (χ1) is 29.0. The second-order valence-electron chi connectivity index (χ2n) is 14.3. The number of rotatable bonds is 4. The molecule has 0 nitrogen and oxygen atoms in total. The summed E-state index contributed by atoms with van der Waals surface area (Å²) in [6, 6.07) is 0. The van der Waals surface area contributed by atoms with Gasteiger partial charge in [0.05, 0.1) is 0 Å². The van der Waals surface area contributed by atoms with Gasteiger partial charge >= 0.3 is 17.4 Å². The molecule has 2 aliphatic rings. The van der Waals surface area contributed by atoms with Crippen LogP contribution in [0.2, 0.25) is 0 Å². The van der Waals surface area contributed by atoms with Gasteiger partial charge in [-0.1, -0.05) is 55.4 Å². The van der Waals surface area contributed by atoms with Crippen molar-refractivity contribution in [3.05, 3.63) is 177 Å². The van der Waals surface area contributed by atoms with Crippen molar-refractivity contribution in [2.75, 3.05) is 0 Å². The minimum absolute atomic E-state index is 0. The molecule has 0 saturated heterocycles. The smallest absolute Gasteiger partial charge is 0.207 e. The maximum Gasteiger partial charge on any atom is 3.00 e. The van der Waals surface area contributed by atoms with Crippen molar-refractivity contribution < 1.29 is 87.8 Å². The zero-order valence-corrected chi connectivity index (χ0v) is 35.0. The van der Waals surface area contributed by atoms with Gasteiger partial charge in [-0.15, -0.1) is 21.9 Å². The zero-order valence-electron chi connectivity index (χ0n) is 33.9. The molecule has 0 aliphatic heterocycles. The summed E-state index contributed by atoms with van der Waals surface area (Å²) in [5.74, 6) is -59.9. The van der Waals surface area contributed by atoms with E-state index in [2.05, 4.69) is 68.2 Å².